The average molecular weight is 577 g/mol. The molecule has 0 saturated carbocycles. The number of likely N-dealkylation sites (tertiary alicyclic amines) is 1. The number of fused-ring (bicyclic) bond motifs is 1. The lowest BCUT2D eigenvalue weighted by molar-refractivity contribution is 0.0210. The molecule has 0 spiro atoms. The van der Waals surface area contributed by atoms with E-state index in [4.69, 9.17) is 26.2 Å². The molecule has 4 rings (SSSR count). The summed E-state index contributed by atoms with van der Waals surface area (Å²) in [6.07, 6.45) is 2.66. The van der Waals surface area contributed by atoms with Gasteiger partial charge in [0.15, 0.2) is 0 Å². The van der Waals surface area contributed by atoms with Gasteiger partial charge < -0.3 is 19.7 Å². The van der Waals surface area contributed by atoms with E-state index >= 15 is 0 Å². The first-order valence-electron chi connectivity index (χ1n) is 13.3. The van der Waals surface area contributed by atoms with Crippen molar-refractivity contribution in [2.75, 3.05) is 25.0 Å². The second kappa shape index (κ2) is 11.8. The molecule has 2 aromatic heterocycles. The van der Waals surface area contributed by atoms with Crippen LogP contribution in [-0.2, 0) is 16.2 Å². The zero-order valence-electron chi connectivity index (χ0n) is 23.6. The van der Waals surface area contributed by atoms with Crippen molar-refractivity contribution in [1.29, 1.82) is 0 Å². The molecule has 212 valence electrons. The van der Waals surface area contributed by atoms with Gasteiger partial charge in [0.1, 0.15) is 29.5 Å². The molecular formula is C27H38ClFN6O3Si. The molecule has 0 radical (unpaired) electrons. The summed E-state index contributed by atoms with van der Waals surface area (Å²) in [5.74, 6) is 0.0267. The molecule has 1 aliphatic heterocycles. The van der Waals surface area contributed by atoms with E-state index in [1.165, 1.54) is 18.3 Å². The fourth-order valence-corrected chi connectivity index (χ4v) is 5.21. The first-order chi connectivity index (χ1) is 18.3. The number of halogens is 2. The van der Waals surface area contributed by atoms with Crippen LogP contribution < -0.4 is 5.32 Å². The highest BCUT2D eigenvalue weighted by Gasteiger charge is 2.27. The number of rotatable bonds is 8. The fraction of sp³-hybridized carbons (Fsp3) is 0.556. The summed E-state index contributed by atoms with van der Waals surface area (Å²) in [5.41, 5.74) is 1.09. The quantitative estimate of drug-likeness (QED) is 0.244. The van der Waals surface area contributed by atoms with E-state index in [0.29, 0.717) is 47.4 Å². The number of benzene rings is 1. The third-order valence-corrected chi connectivity index (χ3v) is 8.35. The predicted molar refractivity (Wildman–Crippen MR) is 154 cm³/mol. The van der Waals surface area contributed by atoms with Gasteiger partial charge in [-0.05, 0) is 57.9 Å². The van der Waals surface area contributed by atoms with Crippen LogP contribution in [0.4, 0.5) is 15.1 Å². The number of carbonyl (C=O) groups excluding carboxylic acids is 1. The number of carbonyl (C=O) groups is 1. The molecule has 1 saturated heterocycles. The van der Waals surface area contributed by atoms with E-state index in [1.807, 2.05) is 20.8 Å². The van der Waals surface area contributed by atoms with E-state index < -0.39 is 13.7 Å². The number of nitrogens with zero attached hydrogens (tertiary/aromatic N) is 5. The van der Waals surface area contributed by atoms with Crippen molar-refractivity contribution in [2.45, 2.75) is 77.7 Å². The van der Waals surface area contributed by atoms with Crippen LogP contribution in [0.2, 0.25) is 30.7 Å². The van der Waals surface area contributed by atoms with Gasteiger partial charge in [-0.2, -0.15) is 5.10 Å². The number of anilines is 1. The summed E-state index contributed by atoms with van der Waals surface area (Å²) in [6.45, 7) is 14.5. The fourth-order valence-electron chi connectivity index (χ4n) is 4.27. The van der Waals surface area contributed by atoms with Crippen LogP contribution in [0.1, 0.15) is 33.6 Å². The Morgan fingerprint density at radius 3 is 2.59 bits per heavy atom. The van der Waals surface area contributed by atoms with Gasteiger partial charge in [-0.25, -0.2) is 23.8 Å². The summed E-state index contributed by atoms with van der Waals surface area (Å²) < 4.78 is 27.4. The van der Waals surface area contributed by atoms with Gasteiger partial charge in [0, 0.05) is 39.2 Å². The predicted octanol–water partition coefficient (Wildman–Crippen LogP) is 6.41. The number of aromatic nitrogens is 4. The Bertz CT molecular complexity index is 1320. The van der Waals surface area contributed by atoms with E-state index in [1.54, 1.807) is 15.6 Å². The van der Waals surface area contributed by atoms with Crippen LogP contribution in [0, 0.1) is 5.82 Å². The summed E-state index contributed by atoms with van der Waals surface area (Å²) in [6, 6.07) is 5.65. The Balaban J connectivity index is 1.50. The topological polar surface area (TPSA) is 94.4 Å². The van der Waals surface area contributed by atoms with Crippen molar-refractivity contribution in [3.8, 4) is 11.4 Å². The lowest BCUT2D eigenvalue weighted by atomic mass is 10.1. The highest BCUT2D eigenvalue weighted by molar-refractivity contribution is 6.76. The molecule has 3 aromatic rings. The van der Waals surface area contributed by atoms with Gasteiger partial charge >= 0.3 is 6.09 Å². The van der Waals surface area contributed by atoms with Crippen LogP contribution in [0.3, 0.4) is 0 Å². The van der Waals surface area contributed by atoms with Gasteiger partial charge in [0.2, 0.25) is 5.95 Å². The Labute approximate surface area is 235 Å². The van der Waals surface area contributed by atoms with Crippen molar-refractivity contribution in [3.63, 3.8) is 0 Å². The molecular weight excluding hydrogens is 539 g/mol. The van der Waals surface area contributed by atoms with Crippen LogP contribution in [0.25, 0.3) is 22.3 Å². The molecule has 1 amide bonds. The van der Waals surface area contributed by atoms with Crippen LogP contribution >= 0.6 is 11.6 Å². The molecule has 0 bridgehead atoms. The van der Waals surface area contributed by atoms with E-state index in [-0.39, 0.29) is 24.7 Å². The Morgan fingerprint density at radius 2 is 1.92 bits per heavy atom. The van der Waals surface area contributed by atoms with Crippen molar-refractivity contribution in [2.24, 2.45) is 0 Å². The summed E-state index contributed by atoms with van der Waals surface area (Å²) >= 11 is 6.53. The summed E-state index contributed by atoms with van der Waals surface area (Å²) in [7, 11) is -1.23. The molecule has 0 aliphatic carbocycles. The minimum atomic E-state index is -1.23. The van der Waals surface area contributed by atoms with Gasteiger partial charge in [0.25, 0.3) is 0 Å². The van der Waals surface area contributed by atoms with Crippen LogP contribution in [-0.4, -0.2) is 70.2 Å². The van der Waals surface area contributed by atoms with Crippen LogP contribution in [0.15, 0.2) is 24.4 Å². The maximum atomic E-state index is 14.3. The number of piperidine rings is 1. The third-order valence-electron chi connectivity index (χ3n) is 6.37. The van der Waals surface area contributed by atoms with Crippen molar-refractivity contribution >= 4 is 42.6 Å². The molecule has 0 atom stereocenters. The van der Waals surface area contributed by atoms with E-state index in [0.717, 1.165) is 24.4 Å². The maximum absolute atomic E-state index is 14.3. The largest absolute Gasteiger partial charge is 0.444 e. The Kier molecular flexibility index (Phi) is 8.82. The zero-order valence-corrected chi connectivity index (χ0v) is 25.3. The van der Waals surface area contributed by atoms with E-state index in [9.17, 15) is 9.18 Å². The van der Waals surface area contributed by atoms with Crippen molar-refractivity contribution in [3.05, 3.63) is 35.2 Å². The molecule has 1 aromatic carbocycles. The highest BCUT2D eigenvalue weighted by atomic mass is 35.5. The normalized spacial score (nSPS) is 15.1. The third kappa shape index (κ3) is 7.89. The average Bonchev–Trinajstić information content (AvgIpc) is 3.19. The van der Waals surface area contributed by atoms with Gasteiger partial charge in [-0.1, -0.05) is 31.2 Å². The zero-order chi connectivity index (χ0) is 28.4. The van der Waals surface area contributed by atoms with Crippen molar-refractivity contribution < 1.29 is 18.7 Å². The molecule has 1 aliphatic rings. The van der Waals surface area contributed by atoms with E-state index in [2.05, 4.69) is 34.9 Å². The molecule has 39 heavy (non-hydrogen) atoms. The maximum Gasteiger partial charge on any atom is 0.410 e. The summed E-state index contributed by atoms with van der Waals surface area (Å²) in [4.78, 5) is 23.1. The highest BCUT2D eigenvalue weighted by Crippen LogP contribution is 2.32. The summed E-state index contributed by atoms with van der Waals surface area (Å²) in [5, 5.41) is 8.99. The molecule has 1 N–H and O–H groups in total. The van der Waals surface area contributed by atoms with Crippen LogP contribution in [0.5, 0.6) is 0 Å². The first kappa shape index (κ1) is 29.2. The lowest BCUT2D eigenvalue weighted by Crippen LogP contribution is -2.44. The Hall–Kier alpha value is -2.76. The molecule has 12 heteroatoms. The number of ether oxygens (including phenoxy) is 2. The minimum absolute atomic E-state index is 0.0734. The molecule has 1 fully saturated rings. The smallest absolute Gasteiger partial charge is 0.410 e. The van der Waals surface area contributed by atoms with Gasteiger partial charge in [-0.3, -0.25) is 0 Å². The number of nitrogens with one attached hydrogen (secondary N) is 1. The second-order valence-corrected chi connectivity index (χ2v) is 18.2. The Morgan fingerprint density at radius 1 is 1.21 bits per heavy atom. The lowest BCUT2D eigenvalue weighted by Gasteiger charge is -2.33. The molecule has 9 nitrogen and oxygen atoms in total. The minimum Gasteiger partial charge on any atom is -0.444 e. The van der Waals surface area contributed by atoms with Gasteiger partial charge in [0.05, 0.1) is 16.7 Å². The monoisotopic (exact) mass is 576 g/mol. The molecule has 0 unspecified atom stereocenters. The number of hydrogen-bond donors (Lipinski definition) is 1. The number of hydrogen-bond acceptors (Lipinski definition) is 7. The molecule has 3 heterocycles. The van der Waals surface area contributed by atoms with Crippen molar-refractivity contribution in [1.82, 2.24) is 24.6 Å². The SMILES string of the molecule is CC(C)(C)OC(=O)N1CCC(Nc2ncc(Cl)c(-c3nn(COCC[Si](C)(C)C)c4ccc(F)cc34)n2)CC1. The van der Waals surface area contributed by atoms with Gasteiger partial charge in [-0.15, -0.1) is 0 Å². The second-order valence-electron chi connectivity index (χ2n) is 12.1. The first-order valence-corrected chi connectivity index (χ1v) is 17.4. The standard InChI is InChI=1S/C27H38ClFN6O3Si/c1-27(2,3)38-26(36)34-11-9-19(10-12-34)31-25-30-16-21(28)24(32-25)23-20-15-18(29)7-8-22(20)35(33-23)17-37-13-14-39(4,5)6/h7-8,15-16,19H,9-14,17H2,1-6H3,(H,30,31,32). The number of amides is 1.